The highest BCUT2D eigenvalue weighted by Crippen LogP contribution is 2.34. The Bertz CT molecular complexity index is 1090. The lowest BCUT2D eigenvalue weighted by atomic mass is 10.1. The number of benzene rings is 2. The molecule has 31 heavy (non-hydrogen) atoms. The van der Waals surface area contributed by atoms with Gasteiger partial charge >= 0.3 is 6.18 Å². The molecule has 12 heteroatoms. The van der Waals surface area contributed by atoms with Crippen LogP contribution in [-0.4, -0.2) is 37.2 Å². The van der Waals surface area contributed by atoms with E-state index in [1.54, 1.807) is 13.0 Å². The maximum atomic E-state index is 13.2. The summed E-state index contributed by atoms with van der Waals surface area (Å²) in [5, 5.41) is 10.9. The van der Waals surface area contributed by atoms with E-state index < -0.39 is 49.6 Å². The largest absolute Gasteiger partial charge is 0.417 e. The van der Waals surface area contributed by atoms with Crippen LogP contribution in [0.5, 0.6) is 0 Å². The summed E-state index contributed by atoms with van der Waals surface area (Å²) in [6, 6.07) is 7.17. The van der Waals surface area contributed by atoms with E-state index in [0.29, 0.717) is 11.6 Å². The summed E-state index contributed by atoms with van der Waals surface area (Å²) in [7, 11) is -3.31. The normalized spacial score (nSPS) is 14.0. The zero-order chi connectivity index (χ0) is 23.6. The van der Waals surface area contributed by atoms with Gasteiger partial charge in [0.1, 0.15) is 0 Å². The Kier molecular flexibility index (Phi) is 7.06. The molecule has 0 bridgehead atoms. The first kappa shape index (κ1) is 24.3. The predicted octanol–water partition coefficient (Wildman–Crippen LogP) is 3.50. The zero-order valence-corrected chi connectivity index (χ0v) is 17.6. The van der Waals surface area contributed by atoms with Crippen molar-refractivity contribution in [3.8, 4) is 0 Å². The van der Waals surface area contributed by atoms with Gasteiger partial charge in [0, 0.05) is 19.2 Å². The lowest BCUT2D eigenvalue weighted by molar-refractivity contribution is -0.384. The molecule has 8 nitrogen and oxygen atoms in total. The molecule has 1 N–H and O–H groups in total. The van der Waals surface area contributed by atoms with Crippen LogP contribution in [0.3, 0.4) is 0 Å². The van der Waals surface area contributed by atoms with Gasteiger partial charge in [-0.2, -0.15) is 17.9 Å². The van der Waals surface area contributed by atoms with Crippen molar-refractivity contribution in [2.24, 2.45) is 0 Å². The van der Waals surface area contributed by atoms with Crippen molar-refractivity contribution in [1.82, 2.24) is 9.62 Å². The van der Waals surface area contributed by atoms with Crippen molar-refractivity contribution in [2.75, 3.05) is 7.05 Å². The van der Waals surface area contributed by atoms with E-state index in [-0.39, 0.29) is 5.69 Å². The quantitative estimate of drug-likeness (QED) is 0.503. The Labute approximate surface area is 176 Å². The van der Waals surface area contributed by atoms with Gasteiger partial charge in [0.05, 0.1) is 27.5 Å². The van der Waals surface area contributed by atoms with E-state index in [2.05, 4.69) is 0 Å². The number of hydrogen-bond donors (Lipinski definition) is 1. The number of alkyl halides is 3. The van der Waals surface area contributed by atoms with E-state index in [4.69, 9.17) is 0 Å². The van der Waals surface area contributed by atoms with Crippen LogP contribution in [0.25, 0.3) is 0 Å². The highest BCUT2D eigenvalue weighted by Gasteiger charge is 2.38. The number of rotatable bonds is 7. The number of nitrogens with zero attached hydrogens (tertiary/aromatic N) is 2. The van der Waals surface area contributed by atoms with E-state index in [1.165, 1.54) is 32.2 Å². The molecule has 2 aromatic carbocycles. The van der Waals surface area contributed by atoms with Gasteiger partial charge in [-0.25, -0.2) is 8.42 Å². The standard InChI is InChI=1S/C19H20F3N3O5S/c1-12(23-31(29,30)17-10-5-4-9-16(17)19(20,21)22)18(26)24(3)13(2)14-7-6-8-15(11-14)25(27)28/h4-13,23H,1-3H3. The smallest absolute Gasteiger partial charge is 0.338 e. The summed E-state index contributed by atoms with van der Waals surface area (Å²) >= 11 is 0. The van der Waals surface area contributed by atoms with Gasteiger partial charge in [0.2, 0.25) is 15.9 Å². The van der Waals surface area contributed by atoms with Crippen molar-refractivity contribution < 1.29 is 31.3 Å². The number of halogens is 3. The van der Waals surface area contributed by atoms with E-state index in [9.17, 15) is 36.5 Å². The van der Waals surface area contributed by atoms with Crippen molar-refractivity contribution in [3.63, 3.8) is 0 Å². The number of carbonyl (C=O) groups is 1. The molecular weight excluding hydrogens is 439 g/mol. The number of nitro groups is 1. The second-order valence-corrected chi connectivity index (χ2v) is 8.50. The topological polar surface area (TPSA) is 110 Å². The Hall–Kier alpha value is -2.99. The lowest BCUT2D eigenvalue weighted by Gasteiger charge is -2.28. The number of sulfonamides is 1. The number of likely N-dealkylation sites (N-methyl/N-ethyl adjacent to an activating group) is 1. The van der Waals surface area contributed by atoms with Crippen LogP contribution in [0.1, 0.15) is 31.0 Å². The molecule has 0 aromatic heterocycles. The maximum absolute atomic E-state index is 13.2. The fourth-order valence-corrected chi connectivity index (χ4v) is 4.32. The fraction of sp³-hybridized carbons (Fsp3) is 0.316. The van der Waals surface area contributed by atoms with Crippen molar-refractivity contribution >= 4 is 21.6 Å². The molecule has 2 atom stereocenters. The van der Waals surface area contributed by atoms with Crippen molar-refractivity contribution in [3.05, 3.63) is 69.8 Å². The molecule has 0 aliphatic heterocycles. The lowest BCUT2D eigenvalue weighted by Crippen LogP contribution is -2.46. The Morgan fingerprint density at radius 2 is 1.74 bits per heavy atom. The number of hydrogen-bond acceptors (Lipinski definition) is 5. The summed E-state index contributed by atoms with van der Waals surface area (Å²) in [5.41, 5.74) is -1.09. The summed E-state index contributed by atoms with van der Waals surface area (Å²) < 4.78 is 66.6. The van der Waals surface area contributed by atoms with Gasteiger partial charge < -0.3 is 4.90 Å². The van der Waals surface area contributed by atoms with Gasteiger partial charge in [-0.15, -0.1) is 0 Å². The van der Waals surface area contributed by atoms with Crippen LogP contribution in [0.2, 0.25) is 0 Å². The molecule has 0 spiro atoms. The third-order valence-corrected chi connectivity index (χ3v) is 6.28. The highest BCUT2D eigenvalue weighted by atomic mass is 32.2. The molecule has 0 aliphatic rings. The van der Waals surface area contributed by atoms with Crippen LogP contribution in [-0.2, 0) is 21.0 Å². The highest BCUT2D eigenvalue weighted by molar-refractivity contribution is 7.89. The molecular formula is C19H20F3N3O5S. The zero-order valence-electron chi connectivity index (χ0n) is 16.8. The predicted molar refractivity (Wildman–Crippen MR) is 106 cm³/mol. The van der Waals surface area contributed by atoms with E-state index in [0.717, 1.165) is 23.1 Å². The van der Waals surface area contributed by atoms with Gasteiger partial charge in [-0.3, -0.25) is 14.9 Å². The molecule has 2 aromatic rings. The number of amides is 1. The third-order valence-electron chi connectivity index (χ3n) is 4.68. The Balaban J connectivity index is 2.24. The molecule has 0 heterocycles. The van der Waals surface area contributed by atoms with Crippen LogP contribution in [0, 0.1) is 10.1 Å². The fourth-order valence-electron chi connectivity index (χ4n) is 2.90. The van der Waals surface area contributed by atoms with Crippen LogP contribution in [0.15, 0.2) is 53.4 Å². The number of carbonyl (C=O) groups excluding carboxylic acids is 1. The molecule has 0 saturated heterocycles. The summed E-state index contributed by atoms with van der Waals surface area (Å²) in [6.45, 7) is 2.78. The van der Waals surface area contributed by atoms with Crippen LogP contribution in [0.4, 0.5) is 18.9 Å². The molecule has 0 saturated carbocycles. The van der Waals surface area contributed by atoms with E-state index >= 15 is 0 Å². The number of non-ortho nitro benzene ring substituents is 1. The second-order valence-electron chi connectivity index (χ2n) is 6.81. The molecule has 1 amide bonds. The van der Waals surface area contributed by atoms with Gasteiger partial charge in [0.25, 0.3) is 5.69 Å². The molecule has 168 valence electrons. The monoisotopic (exact) mass is 459 g/mol. The Morgan fingerprint density at radius 1 is 1.13 bits per heavy atom. The first-order valence-corrected chi connectivity index (χ1v) is 10.4. The summed E-state index contributed by atoms with van der Waals surface area (Å²) in [5.74, 6) is -0.730. The minimum Gasteiger partial charge on any atom is -0.338 e. The SMILES string of the molecule is CC(NS(=O)(=O)c1ccccc1C(F)(F)F)C(=O)N(C)C(C)c1cccc([N+](=O)[O-])c1. The molecule has 2 unspecified atom stereocenters. The molecule has 0 radical (unpaired) electrons. The average molecular weight is 459 g/mol. The molecule has 2 rings (SSSR count). The second kappa shape index (κ2) is 9.02. The minimum absolute atomic E-state index is 0.178. The average Bonchev–Trinajstić information content (AvgIpc) is 2.71. The maximum Gasteiger partial charge on any atom is 0.417 e. The first-order valence-electron chi connectivity index (χ1n) is 8.95. The Morgan fingerprint density at radius 3 is 2.32 bits per heavy atom. The third kappa shape index (κ3) is 5.58. The van der Waals surface area contributed by atoms with E-state index in [1.807, 2.05) is 4.72 Å². The summed E-state index contributed by atoms with van der Waals surface area (Å²) in [4.78, 5) is 23.2. The molecule has 0 aliphatic carbocycles. The van der Waals surface area contributed by atoms with Crippen molar-refractivity contribution in [2.45, 2.75) is 37.0 Å². The first-order chi connectivity index (χ1) is 14.3. The van der Waals surface area contributed by atoms with Gasteiger partial charge in [-0.05, 0) is 31.5 Å². The minimum atomic E-state index is -4.90. The van der Waals surface area contributed by atoms with Crippen LogP contribution >= 0.6 is 0 Å². The van der Waals surface area contributed by atoms with Crippen LogP contribution < -0.4 is 4.72 Å². The van der Waals surface area contributed by atoms with Gasteiger partial charge in [0.15, 0.2) is 0 Å². The summed E-state index contributed by atoms with van der Waals surface area (Å²) in [6.07, 6.45) is -4.90. The number of nitro benzene ring substituents is 1. The van der Waals surface area contributed by atoms with Crippen molar-refractivity contribution in [1.29, 1.82) is 0 Å². The number of nitrogens with one attached hydrogen (secondary N) is 1. The van der Waals surface area contributed by atoms with Gasteiger partial charge in [-0.1, -0.05) is 24.3 Å². The molecule has 0 fully saturated rings.